The monoisotopic (exact) mass is 375 g/mol. The van der Waals surface area contributed by atoms with E-state index in [9.17, 15) is 4.79 Å². The number of hydrogen-bond acceptors (Lipinski definition) is 4. The van der Waals surface area contributed by atoms with Gasteiger partial charge in [-0.25, -0.2) is 4.98 Å². The van der Waals surface area contributed by atoms with Crippen molar-refractivity contribution in [3.63, 3.8) is 0 Å². The predicted octanol–water partition coefficient (Wildman–Crippen LogP) is 5.28. The van der Waals surface area contributed by atoms with E-state index in [1.165, 1.54) is 0 Å². The zero-order chi connectivity index (χ0) is 19.9. The second-order valence-electron chi connectivity index (χ2n) is 6.63. The zero-order valence-corrected chi connectivity index (χ0v) is 16.4. The number of amides is 1. The van der Waals surface area contributed by atoms with Crippen LogP contribution in [0.3, 0.4) is 0 Å². The van der Waals surface area contributed by atoms with Gasteiger partial charge in [-0.3, -0.25) is 4.79 Å². The number of nitrogens with zero attached hydrogens (tertiary/aromatic N) is 2. The quantitative estimate of drug-likeness (QED) is 0.610. The van der Waals surface area contributed by atoms with E-state index in [-0.39, 0.29) is 12.0 Å². The Morgan fingerprint density at radius 2 is 1.79 bits per heavy atom. The van der Waals surface area contributed by atoms with Crippen LogP contribution < -0.4 is 15.0 Å². The molecule has 3 aromatic rings. The normalized spacial score (nSPS) is 10.6. The van der Waals surface area contributed by atoms with Crippen molar-refractivity contribution in [1.29, 1.82) is 0 Å². The fraction of sp³-hybridized carbons (Fsp3) is 0.217. The molecule has 0 saturated heterocycles. The third kappa shape index (κ3) is 4.88. The summed E-state index contributed by atoms with van der Waals surface area (Å²) in [6.45, 7) is 6.76. The van der Waals surface area contributed by atoms with Crippen molar-refractivity contribution in [2.24, 2.45) is 0 Å². The number of para-hydroxylation sites is 1. The fourth-order valence-corrected chi connectivity index (χ4v) is 2.88. The summed E-state index contributed by atoms with van der Waals surface area (Å²) in [6, 6.07) is 20.9. The van der Waals surface area contributed by atoms with Gasteiger partial charge in [-0.2, -0.15) is 0 Å². The smallest absolute Gasteiger partial charge is 0.255 e. The van der Waals surface area contributed by atoms with Crippen LogP contribution in [-0.4, -0.2) is 23.5 Å². The molecular formula is C23H25N3O2. The topological polar surface area (TPSA) is 54.5 Å². The Bertz CT molecular complexity index is 909. The molecule has 0 atom stereocenters. The molecule has 0 fully saturated rings. The van der Waals surface area contributed by atoms with Gasteiger partial charge in [0, 0.05) is 29.7 Å². The molecule has 5 heteroatoms. The average Bonchev–Trinajstić information content (AvgIpc) is 2.71. The summed E-state index contributed by atoms with van der Waals surface area (Å²) in [5.74, 6) is 1.34. The number of hydrogen-bond donors (Lipinski definition) is 1. The Morgan fingerprint density at radius 1 is 1.07 bits per heavy atom. The molecular weight excluding hydrogens is 350 g/mol. The minimum Gasteiger partial charge on any atom is -0.491 e. The summed E-state index contributed by atoms with van der Waals surface area (Å²) in [4.78, 5) is 19.2. The maximum Gasteiger partial charge on any atom is 0.255 e. The van der Waals surface area contributed by atoms with E-state index in [1.54, 1.807) is 12.3 Å². The summed E-state index contributed by atoms with van der Waals surface area (Å²) in [5, 5.41) is 2.92. The number of nitrogens with one attached hydrogen (secondary N) is 1. The van der Waals surface area contributed by atoms with Gasteiger partial charge >= 0.3 is 0 Å². The SMILES string of the molecule is CCN(c1ccccc1)c1cc(C(=O)Nc2ccc(OC(C)C)cc2)ccn1. The number of benzene rings is 2. The molecule has 1 aromatic heterocycles. The highest BCUT2D eigenvalue weighted by molar-refractivity contribution is 6.04. The number of carbonyl (C=O) groups is 1. The van der Waals surface area contributed by atoms with Gasteiger partial charge < -0.3 is 15.0 Å². The molecule has 0 aliphatic rings. The summed E-state index contributed by atoms with van der Waals surface area (Å²) in [7, 11) is 0. The highest BCUT2D eigenvalue weighted by Gasteiger charge is 2.12. The molecule has 0 aliphatic carbocycles. The van der Waals surface area contributed by atoms with Crippen molar-refractivity contribution in [3.05, 3.63) is 78.5 Å². The van der Waals surface area contributed by atoms with E-state index in [0.29, 0.717) is 5.56 Å². The van der Waals surface area contributed by atoms with Gasteiger partial charge in [-0.1, -0.05) is 18.2 Å². The zero-order valence-electron chi connectivity index (χ0n) is 16.4. The lowest BCUT2D eigenvalue weighted by Crippen LogP contribution is -2.19. The molecule has 0 spiro atoms. The first-order chi connectivity index (χ1) is 13.6. The lowest BCUT2D eigenvalue weighted by molar-refractivity contribution is 0.102. The molecule has 1 N–H and O–H groups in total. The molecule has 144 valence electrons. The molecule has 0 aliphatic heterocycles. The number of ether oxygens (including phenoxy) is 1. The van der Waals surface area contributed by atoms with E-state index in [4.69, 9.17) is 4.74 Å². The van der Waals surface area contributed by atoms with Crippen LogP contribution >= 0.6 is 0 Å². The molecule has 0 radical (unpaired) electrons. The Hall–Kier alpha value is -3.34. The number of pyridine rings is 1. The van der Waals surface area contributed by atoms with Crippen molar-refractivity contribution in [1.82, 2.24) is 4.98 Å². The molecule has 1 heterocycles. The number of aromatic nitrogens is 1. The van der Waals surface area contributed by atoms with Crippen LogP contribution in [0.2, 0.25) is 0 Å². The maximum atomic E-state index is 12.7. The molecule has 28 heavy (non-hydrogen) atoms. The highest BCUT2D eigenvalue weighted by atomic mass is 16.5. The molecule has 2 aromatic carbocycles. The lowest BCUT2D eigenvalue weighted by atomic mass is 10.2. The summed E-state index contributed by atoms with van der Waals surface area (Å²) < 4.78 is 5.63. The molecule has 0 bridgehead atoms. The van der Waals surface area contributed by atoms with Crippen molar-refractivity contribution in [2.45, 2.75) is 26.9 Å². The Morgan fingerprint density at radius 3 is 2.43 bits per heavy atom. The minimum absolute atomic E-state index is 0.113. The van der Waals surface area contributed by atoms with Gasteiger partial charge in [-0.15, -0.1) is 0 Å². The van der Waals surface area contributed by atoms with Crippen molar-refractivity contribution >= 4 is 23.1 Å². The predicted molar refractivity (Wildman–Crippen MR) is 114 cm³/mol. The highest BCUT2D eigenvalue weighted by Crippen LogP contribution is 2.24. The first-order valence-corrected chi connectivity index (χ1v) is 9.43. The number of carbonyl (C=O) groups excluding carboxylic acids is 1. The van der Waals surface area contributed by atoms with Crippen molar-refractivity contribution < 1.29 is 9.53 Å². The third-order valence-corrected chi connectivity index (χ3v) is 4.15. The summed E-state index contributed by atoms with van der Waals surface area (Å²) in [6.07, 6.45) is 1.77. The summed E-state index contributed by atoms with van der Waals surface area (Å²) in [5.41, 5.74) is 2.31. The van der Waals surface area contributed by atoms with E-state index >= 15 is 0 Å². The van der Waals surface area contributed by atoms with Crippen molar-refractivity contribution in [3.8, 4) is 5.75 Å². The molecule has 0 unspecified atom stereocenters. The van der Waals surface area contributed by atoms with Gasteiger partial charge in [0.05, 0.1) is 6.10 Å². The average molecular weight is 375 g/mol. The minimum atomic E-state index is -0.176. The lowest BCUT2D eigenvalue weighted by Gasteiger charge is -2.22. The van der Waals surface area contributed by atoms with Crippen LogP contribution in [0.1, 0.15) is 31.1 Å². The van der Waals surface area contributed by atoms with Crippen LogP contribution in [0, 0.1) is 0 Å². The van der Waals surface area contributed by atoms with Gasteiger partial charge in [0.25, 0.3) is 5.91 Å². The van der Waals surface area contributed by atoms with Crippen LogP contribution in [0.5, 0.6) is 5.75 Å². The Balaban J connectivity index is 1.75. The number of rotatable bonds is 7. The van der Waals surface area contributed by atoms with Crippen LogP contribution in [-0.2, 0) is 0 Å². The van der Waals surface area contributed by atoms with E-state index < -0.39 is 0 Å². The van der Waals surface area contributed by atoms with Gasteiger partial charge in [0.1, 0.15) is 11.6 Å². The molecule has 1 amide bonds. The van der Waals surface area contributed by atoms with E-state index in [2.05, 4.69) is 22.1 Å². The molecule has 3 rings (SSSR count). The largest absolute Gasteiger partial charge is 0.491 e. The van der Waals surface area contributed by atoms with Gasteiger partial charge in [0.2, 0.25) is 0 Å². The first-order valence-electron chi connectivity index (χ1n) is 9.43. The number of anilines is 3. The van der Waals surface area contributed by atoms with E-state index in [0.717, 1.165) is 29.5 Å². The van der Waals surface area contributed by atoms with Crippen LogP contribution in [0.4, 0.5) is 17.2 Å². The van der Waals surface area contributed by atoms with Crippen molar-refractivity contribution in [2.75, 3.05) is 16.8 Å². The van der Waals surface area contributed by atoms with Gasteiger partial charge in [0.15, 0.2) is 0 Å². The van der Waals surface area contributed by atoms with E-state index in [1.807, 2.05) is 74.5 Å². The van der Waals surface area contributed by atoms with Crippen LogP contribution in [0.15, 0.2) is 72.9 Å². The van der Waals surface area contributed by atoms with Crippen LogP contribution in [0.25, 0.3) is 0 Å². The maximum absolute atomic E-state index is 12.7. The first kappa shape index (κ1) is 19.4. The Labute approximate surface area is 166 Å². The summed E-state index contributed by atoms with van der Waals surface area (Å²) >= 11 is 0. The molecule has 5 nitrogen and oxygen atoms in total. The third-order valence-electron chi connectivity index (χ3n) is 4.15. The standard InChI is InChI=1S/C23H25N3O2/c1-4-26(20-8-6-5-7-9-20)22-16-18(14-15-24-22)23(27)25-19-10-12-21(13-11-19)28-17(2)3/h5-17H,4H2,1-3H3,(H,25,27). The Kier molecular flexibility index (Phi) is 6.27. The second-order valence-corrected chi connectivity index (χ2v) is 6.63. The molecule has 0 saturated carbocycles. The van der Waals surface area contributed by atoms with Gasteiger partial charge in [-0.05, 0) is 69.3 Å². The second kappa shape index (κ2) is 9.04. The fourth-order valence-electron chi connectivity index (χ4n) is 2.88.